The van der Waals surface area contributed by atoms with Gasteiger partial charge in [-0.2, -0.15) is 0 Å². The Bertz CT molecular complexity index is 1300. The Morgan fingerprint density at radius 2 is 1.55 bits per heavy atom. The summed E-state index contributed by atoms with van der Waals surface area (Å²) in [6.45, 7) is 3.24. The fraction of sp³-hybridized carbons (Fsp3) is 0.276. The normalized spacial score (nSPS) is 12.4. The molecule has 2 atom stereocenters. The zero-order chi connectivity index (χ0) is 27.7. The van der Waals surface area contributed by atoms with Crippen molar-refractivity contribution in [1.29, 1.82) is 0 Å². The lowest BCUT2D eigenvalue weighted by molar-refractivity contribution is -0.141. The zero-order valence-electron chi connectivity index (χ0n) is 21.3. The van der Waals surface area contributed by atoms with E-state index in [1.165, 1.54) is 4.90 Å². The van der Waals surface area contributed by atoms with Gasteiger partial charge < -0.3 is 25.4 Å². The fourth-order valence-corrected chi connectivity index (χ4v) is 4.12. The monoisotopic (exact) mass is 517 g/mol. The van der Waals surface area contributed by atoms with E-state index < -0.39 is 48.7 Å². The Kier molecular flexibility index (Phi) is 9.70. The lowest BCUT2D eigenvalue weighted by Gasteiger charge is -2.30. The van der Waals surface area contributed by atoms with Crippen LogP contribution in [0.15, 0.2) is 72.8 Å². The van der Waals surface area contributed by atoms with Crippen LogP contribution < -0.4 is 10.6 Å². The van der Waals surface area contributed by atoms with Crippen LogP contribution in [0.4, 0.5) is 0 Å². The van der Waals surface area contributed by atoms with Crippen molar-refractivity contribution in [3.63, 3.8) is 0 Å². The molecule has 3 aromatic rings. The summed E-state index contributed by atoms with van der Waals surface area (Å²) in [5, 5.41) is 15.8. The van der Waals surface area contributed by atoms with Crippen LogP contribution >= 0.6 is 0 Å². The smallest absolute Gasteiger partial charge is 0.305 e. The number of aldehydes is 1. The molecule has 0 bridgehead atoms. The van der Waals surface area contributed by atoms with E-state index in [0.29, 0.717) is 11.8 Å². The predicted octanol–water partition coefficient (Wildman–Crippen LogP) is 2.78. The topological polar surface area (TPSA) is 133 Å². The molecule has 198 valence electrons. The molecule has 0 spiro atoms. The molecule has 0 saturated carbocycles. The molecule has 3 rings (SSSR count). The second kappa shape index (κ2) is 13.1. The maximum Gasteiger partial charge on any atom is 0.305 e. The van der Waals surface area contributed by atoms with Gasteiger partial charge in [0.2, 0.25) is 11.8 Å². The van der Waals surface area contributed by atoms with Crippen LogP contribution in [0.5, 0.6) is 0 Å². The molecule has 3 amide bonds. The summed E-state index contributed by atoms with van der Waals surface area (Å²) < 4.78 is 0. The van der Waals surface area contributed by atoms with E-state index in [2.05, 4.69) is 10.6 Å². The Morgan fingerprint density at radius 3 is 2.21 bits per heavy atom. The molecule has 0 aliphatic heterocycles. The highest BCUT2D eigenvalue weighted by molar-refractivity contribution is 6.08. The van der Waals surface area contributed by atoms with Crippen molar-refractivity contribution in [2.45, 2.75) is 38.9 Å². The SMILES string of the molecule is CC(C)C(NC(=O)c1cccc2ccccc12)C(=O)N(CC(=O)N[C@H](C=O)CC(=O)O)Cc1ccccc1. The molecule has 9 heteroatoms. The van der Waals surface area contributed by atoms with E-state index in [1.807, 2.05) is 36.4 Å². The number of carboxylic acids is 1. The highest BCUT2D eigenvalue weighted by atomic mass is 16.4. The van der Waals surface area contributed by atoms with E-state index in [1.54, 1.807) is 50.2 Å². The Balaban J connectivity index is 1.85. The summed E-state index contributed by atoms with van der Waals surface area (Å²) in [6.07, 6.45) is -0.228. The van der Waals surface area contributed by atoms with Gasteiger partial charge in [0.1, 0.15) is 12.3 Å². The number of nitrogens with zero attached hydrogens (tertiary/aromatic N) is 1. The van der Waals surface area contributed by atoms with E-state index in [9.17, 15) is 24.0 Å². The van der Waals surface area contributed by atoms with E-state index in [4.69, 9.17) is 5.11 Å². The fourth-order valence-electron chi connectivity index (χ4n) is 4.12. The number of benzene rings is 3. The van der Waals surface area contributed by atoms with Crippen LogP contribution in [-0.4, -0.2) is 58.6 Å². The third kappa shape index (κ3) is 7.49. The second-order valence-corrected chi connectivity index (χ2v) is 9.31. The van der Waals surface area contributed by atoms with Crippen molar-refractivity contribution >= 4 is 40.7 Å². The number of aliphatic carboxylic acids is 1. The first-order valence-corrected chi connectivity index (χ1v) is 12.3. The van der Waals surface area contributed by atoms with E-state index in [0.717, 1.165) is 16.3 Å². The van der Waals surface area contributed by atoms with Crippen molar-refractivity contribution < 1.29 is 29.1 Å². The maximum absolute atomic E-state index is 13.8. The molecule has 38 heavy (non-hydrogen) atoms. The number of carboxylic acid groups (broad SMARTS) is 1. The van der Waals surface area contributed by atoms with Crippen LogP contribution in [0.2, 0.25) is 0 Å². The van der Waals surface area contributed by atoms with Gasteiger partial charge in [-0.05, 0) is 28.3 Å². The molecule has 0 heterocycles. The van der Waals surface area contributed by atoms with Crippen LogP contribution in [0.1, 0.15) is 36.2 Å². The Hall–Kier alpha value is -4.53. The number of nitrogens with one attached hydrogen (secondary N) is 2. The third-order valence-electron chi connectivity index (χ3n) is 6.02. The predicted molar refractivity (Wildman–Crippen MR) is 142 cm³/mol. The molecule has 0 saturated heterocycles. The quantitative estimate of drug-likeness (QED) is 0.317. The number of carbonyl (C=O) groups is 5. The minimum Gasteiger partial charge on any atom is -0.481 e. The van der Waals surface area contributed by atoms with E-state index in [-0.39, 0.29) is 12.5 Å². The highest BCUT2D eigenvalue weighted by Gasteiger charge is 2.31. The molecule has 0 aromatic heterocycles. The molecule has 0 radical (unpaired) electrons. The lowest BCUT2D eigenvalue weighted by atomic mass is 10.00. The molecular formula is C29H31N3O6. The zero-order valence-corrected chi connectivity index (χ0v) is 21.3. The number of amides is 3. The average molecular weight is 518 g/mol. The molecule has 0 aliphatic carbocycles. The maximum atomic E-state index is 13.8. The third-order valence-corrected chi connectivity index (χ3v) is 6.02. The first-order valence-electron chi connectivity index (χ1n) is 12.3. The highest BCUT2D eigenvalue weighted by Crippen LogP contribution is 2.19. The average Bonchev–Trinajstić information content (AvgIpc) is 2.90. The number of hydrogen-bond donors (Lipinski definition) is 3. The van der Waals surface area contributed by atoms with Crippen molar-refractivity contribution in [2.24, 2.45) is 5.92 Å². The second-order valence-electron chi connectivity index (χ2n) is 9.31. The van der Waals surface area contributed by atoms with Gasteiger partial charge in [0.15, 0.2) is 0 Å². The first kappa shape index (κ1) is 28.0. The first-order chi connectivity index (χ1) is 18.2. The number of fused-ring (bicyclic) bond motifs is 1. The number of rotatable bonds is 12. The van der Waals surface area contributed by atoms with Crippen molar-refractivity contribution in [3.8, 4) is 0 Å². The molecule has 0 fully saturated rings. The molecule has 1 unspecified atom stereocenters. The van der Waals surface area contributed by atoms with Gasteiger partial charge in [0, 0.05) is 12.1 Å². The minimum absolute atomic E-state index is 0.0745. The van der Waals surface area contributed by atoms with Crippen LogP contribution in [-0.2, 0) is 25.7 Å². The molecular weight excluding hydrogens is 486 g/mol. The van der Waals surface area contributed by atoms with Crippen LogP contribution in [0.25, 0.3) is 10.8 Å². The Morgan fingerprint density at radius 1 is 0.895 bits per heavy atom. The molecule has 3 N–H and O–H groups in total. The molecule has 9 nitrogen and oxygen atoms in total. The van der Waals surface area contributed by atoms with Crippen LogP contribution in [0, 0.1) is 5.92 Å². The van der Waals surface area contributed by atoms with Crippen molar-refractivity contribution in [1.82, 2.24) is 15.5 Å². The van der Waals surface area contributed by atoms with Gasteiger partial charge in [-0.3, -0.25) is 19.2 Å². The van der Waals surface area contributed by atoms with Gasteiger partial charge in [-0.1, -0.05) is 80.6 Å². The molecule has 3 aromatic carbocycles. The summed E-state index contributed by atoms with van der Waals surface area (Å²) in [5.41, 5.74) is 1.19. The van der Waals surface area contributed by atoms with Gasteiger partial charge in [0.25, 0.3) is 5.91 Å². The van der Waals surface area contributed by atoms with Gasteiger partial charge in [-0.25, -0.2) is 0 Å². The Labute approximate surface area is 220 Å². The number of hydrogen-bond acceptors (Lipinski definition) is 5. The summed E-state index contributed by atoms with van der Waals surface area (Å²) in [6, 6.07) is 19.7. The number of carbonyl (C=O) groups excluding carboxylic acids is 4. The van der Waals surface area contributed by atoms with Gasteiger partial charge in [-0.15, -0.1) is 0 Å². The van der Waals surface area contributed by atoms with Crippen molar-refractivity contribution in [3.05, 3.63) is 83.9 Å². The van der Waals surface area contributed by atoms with Crippen molar-refractivity contribution in [2.75, 3.05) is 6.54 Å². The molecule has 0 aliphatic rings. The van der Waals surface area contributed by atoms with Gasteiger partial charge in [0.05, 0.1) is 19.0 Å². The van der Waals surface area contributed by atoms with Crippen LogP contribution in [0.3, 0.4) is 0 Å². The summed E-state index contributed by atoms with van der Waals surface area (Å²) in [5.74, 6) is -3.13. The standard InChI is InChI=1S/C29H31N3O6/c1-19(2)27(31-28(37)24-14-8-12-21-11-6-7-13-23(21)24)29(38)32(16-20-9-4-3-5-10-20)17-25(34)30-22(18-33)15-26(35)36/h3-14,18-19,22,27H,15-17H2,1-2H3,(H,30,34)(H,31,37)(H,35,36)/t22-,27?/m0/s1. The summed E-state index contributed by atoms with van der Waals surface area (Å²) in [7, 11) is 0. The summed E-state index contributed by atoms with van der Waals surface area (Å²) in [4.78, 5) is 63.3. The summed E-state index contributed by atoms with van der Waals surface area (Å²) >= 11 is 0. The van der Waals surface area contributed by atoms with E-state index >= 15 is 0 Å². The largest absolute Gasteiger partial charge is 0.481 e. The minimum atomic E-state index is -1.24. The van der Waals surface area contributed by atoms with Gasteiger partial charge >= 0.3 is 5.97 Å². The lowest BCUT2D eigenvalue weighted by Crippen LogP contribution is -2.53.